The molecule has 3 N–H and O–H groups in total. The predicted molar refractivity (Wildman–Crippen MR) is 132 cm³/mol. The molecule has 1 saturated heterocycles. The Balaban J connectivity index is 1.29. The maximum absolute atomic E-state index is 12.1. The van der Waals surface area contributed by atoms with Crippen molar-refractivity contribution >= 4 is 28.5 Å². The Morgan fingerprint density at radius 3 is 2.74 bits per heavy atom. The van der Waals surface area contributed by atoms with Gasteiger partial charge in [0, 0.05) is 50.6 Å². The van der Waals surface area contributed by atoms with E-state index in [9.17, 15) is 4.79 Å². The average Bonchev–Trinajstić information content (AvgIpc) is 3.24. The van der Waals surface area contributed by atoms with Gasteiger partial charge in [0.15, 0.2) is 11.5 Å². The molecule has 176 valence electrons. The van der Waals surface area contributed by atoms with Crippen LogP contribution in [0.1, 0.15) is 45.9 Å². The number of rotatable bonds is 6. The lowest BCUT2D eigenvalue weighted by Gasteiger charge is -2.34. The monoisotopic (exact) mass is 467 g/mol. The fourth-order valence-electron chi connectivity index (χ4n) is 4.43. The summed E-state index contributed by atoms with van der Waals surface area (Å²) in [5.41, 5.74) is 10.7. The van der Waals surface area contributed by atoms with E-state index in [1.165, 1.54) is 0 Å². The molecule has 1 aromatic carbocycles. The summed E-state index contributed by atoms with van der Waals surface area (Å²) >= 11 is 0. The van der Waals surface area contributed by atoms with E-state index in [1.54, 1.807) is 18.5 Å². The fourth-order valence-corrected chi connectivity index (χ4v) is 4.43. The molecule has 0 aliphatic carbocycles. The number of nitrogens with zero attached hydrogens (tertiary/aromatic N) is 5. The number of nitrogens with two attached hydrogens (primary N) is 1. The zero-order chi connectivity index (χ0) is 24.4. The zero-order valence-electron chi connectivity index (χ0n) is 19.4. The Kier molecular flexibility index (Phi) is 6.02. The van der Waals surface area contributed by atoms with Crippen LogP contribution in [-0.2, 0) is 6.42 Å². The van der Waals surface area contributed by atoms with E-state index in [-0.39, 0.29) is 6.04 Å². The first-order valence-electron chi connectivity index (χ1n) is 11.5. The number of carbonyl (C=O) groups is 1. The molecule has 4 heterocycles. The highest BCUT2D eigenvalue weighted by Gasteiger charge is 2.22. The topological polar surface area (TPSA) is 134 Å². The number of primary amides is 1. The van der Waals surface area contributed by atoms with E-state index in [2.05, 4.69) is 31.2 Å². The summed E-state index contributed by atoms with van der Waals surface area (Å²) in [7, 11) is 0. The highest BCUT2D eigenvalue weighted by molar-refractivity contribution is 5.98. The molecular weight excluding hydrogens is 442 g/mol. The third-order valence-corrected chi connectivity index (χ3v) is 6.23. The molecule has 0 unspecified atom stereocenters. The average molecular weight is 468 g/mol. The molecule has 1 fully saturated rings. The Morgan fingerprint density at radius 1 is 1.20 bits per heavy atom. The number of nitrogens with one attached hydrogen (secondary N) is 1. The Morgan fingerprint density at radius 2 is 2.03 bits per heavy atom. The lowest BCUT2D eigenvalue weighted by molar-refractivity contribution is 0.100. The van der Waals surface area contributed by atoms with E-state index in [4.69, 9.17) is 15.4 Å². The number of anilines is 2. The highest BCUT2D eigenvalue weighted by atomic mass is 16.3. The molecule has 35 heavy (non-hydrogen) atoms. The maximum atomic E-state index is 12.1. The van der Waals surface area contributed by atoms with Gasteiger partial charge in [0.05, 0.1) is 16.8 Å². The molecule has 0 atom stereocenters. The second-order valence-corrected chi connectivity index (χ2v) is 8.72. The SMILES string of the molecule is Cc1nc2cc(Cc3cc(NC4CCN(c5ccc(C#N)cn5)CC4)c(C(N)=O)cn3)ccc2o1. The van der Waals surface area contributed by atoms with Crippen LogP contribution < -0.4 is 16.0 Å². The van der Waals surface area contributed by atoms with Crippen molar-refractivity contribution in [3.05, 3.63) is 77.1 Å². The van der Waals surface area contributed by atoms with Crippen LogP contribution in [0.4, 0.5) is 11.5 Å². The number of hydrogen-bond acceptors (Lipinski definition) is 8. The Bertz CT molecular complexity index is 1410. The van der Waals surface area contributed by atoms with Crippen molar-refractivity contribution in [3.63, 3.8) is 0 Å². The summed E-state index contributed by atoms with van der Waals surface area (Å²) in [6, 6.07) is 13.8. The molecule has 0 spiro atoms. The van der Waals surface area contributed by atoms with Crippen LogP contribution in [0, 0.1) is 18.3 Å². The third-order valence-electron chi connectivity index (χ3n) is 6.23. The second-order valence-electron chi connectivity index (χ2n) is 8.72. The smallest absolute Gasteiger partial charge is 0.252 e. The predicted octanol–water partition coefficient (Wildman–Crippen LogP) is 3.57. The number of piperidine rings is 1. The van der Waals surface area contributed by atoms with Crippen LogP contribution in [0.15, 0.2) is 53.2 Å². The summed E-state index contributed by atoms with van der Waals surface area (Å²) in [4.78, 5) is 27.5. The van der Waals surface area contributed by atoms with E-state index in [0.717, 1.165) is 54.1 Å². The van der Waals surface area contributed by atoms with Crippen molar-refractivity contribution in [3.8, 4) is 6.07 Å². The van der Waals surface area contributed by atoms with Gasteiger partial charge in [0.1, 0.15) is 17.4 Å². The molecule has 3 aromatic heterocycles. The van der Waals surface area contributed by atoms with Crippen LogP contribution in [-0.4, -0.2) is 40.0 Å². The number of fused-ring (bicyclic) bond motifs is 1. The lowest BCUT2D eigenvalue weighted by atomic mass is 10.0. The molecule has 0 radical (unpaired) electrons. The molecule has 9 nitrogen and oxygen atoms in total. The van der Waals surface area contributed by atoms with Crippen LogP contribution in [0.5, 0.6) is 0 Å². The summed E-state index contributed by atoms with van der Waals surface area (Å²) in [5.74, 6) is 0.990. The fraction of sp³-hybridized carbons (Fsp3) is 0.269. The molecule has 1 aliphatic heterocycles. The van der Waals surface area contributed by atoms with Crippen molar-refractivity contribution in [1.82, 2.24) is 15.0 Å². The van der Waals surface area contributed by atoms with E-state index in [1.807, 2.05) is 37.3 Å². The van der Waals surface area contributed by atoms with Gasteiger partial charge < -0.3 is 20.4 Å². The first-order valence-corrected chi connectivity index (χ1v) is 11.5. The van der Waals surface area contributed by atoms with Gasteiger partial charge in [0.25, 0.3) is 5.91 Å². The van der Waals surface area contributed by atoms with E-state index in [0.29, 0.717) is 29.1 Å². The van der Waals surface area contributed by atoms with Crippen LogP contribution >= 0.6 is 0 Å². The van der Waals surface area contributed by atoms with Crippen molar-refractivity contribution in [2.45, 2.75) is 32.2 Å². The van der Waals surface area contributed by atoms with Gasteiger partial charge in [-0.05, 0) is 48.7 Å². The lowest BCUT2D eigenvalue weighted by Crippen LogP contribution is -2.39. The number of pyridine rings is 2. The molecular formula is C26H25N7O2. The normalized spacial score (nSPS) is 14.1. The molecule has 1 aliphatic rings. The standard InChI is InChI=1S/C26H25N7O2/c1-16-31-23-11-17(2-4-24(23)35-16)10-20-12-22(21(15-29-20)26(28)34)32-19-6-8-33(9-7-19)25-5-3-18(13-27)14-30-25/h2-5,11-12,14-15,19H,6-10H2,1H3,(H2,28,34)(H,29,32). The second kappa shape index (κ2) is 9.43. The molecule has 1 amide bonds. The van der Waals surface area contributed by atoms with Crippen molar-refractivity contribution in [2.75, 3.05) is 23.3 Å². The van der Waals surface area contributed by atoms with Crippen molar-refractivity contribution in [2.24, 2.45) is 5.73 Å². The van der Waals surface area contributed by atoms with Gasteiger partial charge in [0.2, 0.25) is 0 Å². The maximum Gasteiger partial charge on any atom is 0.252 e. The van der Waals surface area contributed by atoms with E-state index >= 15 is 0 Å². The number of amides is 1. The van der Waals surface area contributed by atoms with Crippen LogP contribution in [0.25, 0.3) is 11.1 Å². The first kappa shape index (κ1) is 22.3. The largest absolute Gasteiger partial charge is 0.441 e. The van der Waals surface area contributed by atoms with E-state index < -0.39 is 5.91 Å². The number of benzene rings is 1. The van der Waals surface area contributed by atoms with Gasteiger partial charge in [-0.2, -0.15) is 5.26 Å². The first-order chi connectivity index (χ1) is 17.0. The number of aryl methyl sites for hydroxylation is 1. The number of hydrogen-bond donors (Lipinski definition) is 2. The summed E-state index contributed by atoms with van der Waals surface area (Å²) < 4.78 is 5.56. The van der Waals surface area contributed by atoms with Crippen LogP contribution in [0.2, 0.25) is 0 Å². The van der Waals surface area contributed by atoms with Gasteiger partial charge in [-0.15, -0.1) is 0 Å². The highest BCUT2D eigenvalue weighted by Crippen LogP contribution is 2.25. The van der Waals surface area contributed by atoms with Crippen molar-refractivity contribution in [1.29, 1.82) is 5.26 Å². The summed E-state index contributed by atoms with van der Waals surface area (Å²) in [6.07, 6.45) is 5.49. The van der Waals surface area contributed by atoms with Gasteiger partial charge in [-0.3, -0.25) is 9.78 Å². The van der Waals surface area contributed by atoms with Gasteiger partial charge in [-0.25, -0.2) is 9.97 Å². The minimum Gasteiger partial charge on any atom is -0.441 e. The molecule has 9 heteroatoms. The molecule has 5 rings (SSSR count). The number of nitriles is 1. The van der Waals surface area contributed by atoms with Crippen molar-refractivity contribution < 1.29 is 9.21 Å². The number of oxazole rings is 1. The minimum atomic E-state index is -0.509. The number of aromatic nitrogens is 3. The molecule has 0 bridgehead atoms. The van der Waals surface area contributed by atoms with Crippen LogP contribution in [0.3, 0.4) is 0 Å². The quantitative estimate of drug-likeness (QED) is 0.440. The summed E-state index contributed by atoms with van der Waals surface area (Å²) in [6.45, 7) is 3.46. The van der Waals surface area contributed by atoms with Gasteiger partial charge >= 0.3 is 0 Å². The Hall–Kier alpha value is -4.45. The summed E-state index contributed by atoms with van der Waals surface area (Å²) in [5, 5.41) is 12.5. The Labute approximate surface area is 202 Å². The number of carbonyl (C=O) groups excluding carboxylic acids is 1. The molecule has 0 saturated carbocycles. The molecule has 4 aromatic rings. The van der Waals surface area contributed by atoms with Gasteiger partial charge in [-0.1, -0.05) is 6.07 Å². The zero-order valence-corrected chi connectivity index (χ0v) is 19.4. The minimum absolute atomic E-state index is 0.187. The third kappa shape index (κ3) is 4.92.